The quantitative estimate of drug-likeness (QED) is 0.686. The van der Waals surface area contributed by atoms with Gasteiger partial charge in [-0.2, -0.15) is 24.5 Å². The standard InChI is InChI=1S/C17H13F3N2OS2/c18-17(19,20)15(11-4-2-1-3-5-11)22-14(23)8-13-10-25-16(21-13)12-6-7-24-9-12/h1-7,9-10,15H,8H2,(H,22,23). The molecule has 0 bridgehead atoms. The molecule has 8 heteroatoms. The third-order valence-corrected chi connectivity index (χ3v) is 5.05. The van der Waals surface area contributed by atoms with Gasteiger partial charge in [0.15, 0.2) is 6.04 Å². The Morgan fingerprint density at radius 1 is 1.16 bits per heavy atom. The highest BCUT2D eigenvalue weighted by molar-refractivity contribution is 7.14. The number of amides is 1. The molecule has 1 N–H and O–H groups in total. The fourth-order valence-corrected chi connectivity index (χ4v) is 3.81. The van der Waals surface area contributed by atoms with Crippen molar-refractivity contribution in [1.82, 2.24) is 10.3 Å². The molecule has 0 radical (unpaired) electrons. The van der Waals surface area contributed by atoms with Crippen LogP contribution in [0.5, 0.6) is 0 Å². The number of rotatable bonds is 5. The Morgan fingerprint density at radius 2 is 1.92 bits per heavy atom. The average Bonchev–Trinajstić information content (AvgIpc) is 3.23. The lowest BCUT2D eigenvalue weighted by Gasteiger charge is -2.21. The summed E-state index contributed by atoms with van der Waals surface area (Å²) in [7, 11) is 0. The van der Waals surface area contributed by atoms with Crippen molar-refractivity contribution in [3.63, 3.8) is 0 Å². The lowest BCUT2D eigenvalue weighted by atomic mass is 10.1. The number of nitrogens with zero attached hydrogens (tertiary/aromatic N) is 1. The molecule has 25 heavy (non-hydrogen) atoms. The number of halogens is 3. The molecule has 3 rings (SSSR count). The molecule has 0 aliphatic carbocycles. The highest BCUT2D eigenvalue weighted by Crippen LogP contribution is 2.32. The number of carbonyl (C=O) groups excluding carboxylic acids is 1. The van der Waals surface area contributed by atoms with E-state index in [2.05, 4.69) is 10.3 Å². The molecule has 2 aromatic heterocycles. The summed E-state index contributed by atoms with van der Waals surface area (Å²) in [6, 6.07) is 7.20. The van der Waals surface area contributed by atoms with Crippen molar-refractivity contribution in [2.24, 2.45) is 0 Å². The zero-order valence-corrected chi connectivity index (χ0v) is 14.4. The van der Waals surface area contributed by atoms with Gasteiger partial charge in [-0.3, -0.25) is 4.79 Å². The first-order valence-electron chi connectivity index (χ1n) is 7.31. The Morgan fingerprint density at radius 3 is 2.56 bits per heavy atom. The minimum atomic E-state index is -4.57. The van der Waals surface area contributed by atoms with Crippen molar-refractivity contribution in [2.45, 2.75) is 18.6 Å². The lowest BCUT2D eigenvalue weighted by Crippen LogP contribution is -2.38. The van der Waals surface area contributed by atoms with Crippen molar-refractivity contribution in [2.75, 3.05) is 0 Å². The number of alkyl halides is 3. The molecule has 1 unspecified atom stereocenters. The Kier molecular flexibility index (Phi) is 5.19. The number of benzene rings is 1. The first kappa shape index (κ1) is 17.6. The van der Waals surface area contributed by atoms with Crippen LogP contribution in [0.3, 0.4) is 0 Å². The van der Waals surface area contributed by atoms with Crippen LogP contribution in [-0.2, 0) is 11.2 Å². The second-order valence-electron chi connectivity index (χ2n) is 5.29. The third kappa shape index (κ3) is 4.46. The molecule has 0 saturated heterocycles. The predicted octanol–water partition coefficient (Wildman–Crippen LogP) is 4.83. The normalized spacial score (nSPS) is 12.8. The molecular formula is C17H13F3N2OS2. The number of thiophene rings is 1. The smallest absolute Gasteiger partial charge is 0.340 e. The Balaban J connectivity index is 1.70. The van der Waals surface area contributed by atoms with Gasteiger partial charge >= 0.3 is 6.18 Å². The number of thiazole rings is 1. The summed E-state index contributed by atoms with van der Waals surface area (Å²) in [5.41, 5.74) is 1.40. The van der Waals surface area contributed by atoms with Gasteiger partial charge in [0.25, 0.3) is 0 Å². The Bertz CT molecular complexity index is 829. The fraction of sp³-hybridized carbons (Fsp3) is 0.176. The molecule has 0 aliphatic heterocycles. The Hall–Kier alpha value is -2.19. The van der Waals surface area contributed by atoms with Gasteiger partial charge in [0.05, 0.1) is 12.1 Å². The van der Waals surface area contributed by atoms with Crippen LogP contribution in [-0.4, -0.2) is 17.1 Å². The second-order valence-corrected chi connectivity index (χ2v) is 6.92. The van der Waals surface area contributed by atoms with Crippen LogP contribution < -0.4 is 5.32 Å². The van der Waals surface area contributed by atoms with E-state index in [1.165, 1.54) is 46.9 Å². The number of hydrogen-bond acceptors (Lipinski definition) is 4. The van der Waals surface area contributed by atoms with E-state index in [1.807, 2.05) is 16.8 Å². The summed E-state index contributed by atoms with van der Waals surface area (Å²) in [5, 5.41) is 8.35. The molecule has 130 valence electrons. The van der Waals surface area contributed by atoms with Crippen molar-refractivity contribution in [1.29, 1.82) is 0 Å². The monoisotopic (exact) mass is 382 g/mol. The van der Waals surface area contributed by atoms with Gasteiger partial charge in [-0.05, 0) is 17.0 Å². The maximum atomic E-state index is 13.3. The first-order chi connectivity index (χ1) is 11.9. The molecule has 3 nitrogen and oxygen atoms in total. The van der Waals surface area contributed by atoms with Crippen LogP contribution in [0.25, 0.3) is 10.6 Å². The fourth-order valence-electron chi connectivity index (χ4n) is 2.28. The first-order valence-corrected chi connectivity index (χ1v) is 9.14. The minimum Gasteiger partial charge on any atom is -0.340 e. The molecule has 2 heterocycles. The van der Waals surface area contributed by atoms with E-state index in [9.17, 15) is 18.0 Å². The third-order valence-electron chi connectivity index (χ3n) is 3.43. The lowest BCUT2D eigenvalue weighted by molar-refractivity contribution is -0.163. The Labute approximate surface area is 150 Å². The van der Waals surface area contributed by atoms with Crippen LogP contribution >= 0.6 is 22.7 Å². The molecule has 0 saturated carbocycles. The highest BCUT2D eigenvalue weighted by Gasteiger charge is 2.41. The van der Waals surface area contributed by atoms with E-state index in [1.54, 1.807) is 11.4 Å². The molecule has 1 aromatic carbocycles. The van der Waals surface area contributed by atoms with E-state index in [0.717, 1.165) is 10.6 Å². The van der Waals surface area contributed by atoms with Gasteiger partial charge in [0.2, 0.25) is 5.91 Å². The van der Waals surface area contributed by atoms with Gasteiger partial charge in [-0.15, -0.1) is 11.3 Å². The van der Waals surface area contributed by atoms with Crippen molar-refractivity contribution in [3.8, 4) is 10.6 Å². The molecule has 0 spiro atoms. The average molecular weight is 382 g/mol. The maximum absolute atomic E-state index is 13.3. The number of aromatic nitrogens is 1. The highest BCUT2D eigenvalue weighted by atomic mass is 32.1. The van der Waals surface area contributed by atoms with E-state index in [4.69, 9.17) is 0 Å². The van der Waals surface area contributed by atoms with Crippen molar-refractivity contribution < 1.29 is 18.0 Å². The predicted molar refractivity (Wildman–Crippen MR) is 92.5 cm³/mol. The van der Waals surface area contributed by atoms with Crippen LogP contribution in [0.4, 0.5) is 13.2 Å². The summed E-state index contributed by atoms with van der Waals surface area (Å²) < 4.78 is 39.8. The largest absolute Gasteiger partial charge is 0.412 e. The summed E-state index contributed by atoms with van der Waals surface area (Å²) in [5.74, 6) is -0.714. The van der Waals surface area contributed by atoms with Crippen molar-refractivity contribution in [3.05, 3.63) is 63.8 Å². The van der Waals surface area contributed by atoms with E-state index in [0.29, 0.717) is 5.69 Å². The summed E-state index contributed by atoms with van der Waals surface area (Å²) >= 11 is 2.89. The summed E-state index contributed by atoms with van der Waals surface area (Å²) in [6.45, 7) is 0. The van der Waals surface area contributed by atoms with Gasteiger partial charge in [-0.25, -0.2) is 4.98 Å². The van der Waals surface area contributed by atoms with Crippen molar-refractivity contribution >= 4 is 28.6 Å². The van der Waals surface area contributed by atoms with Crippen LogP contribution in [0, 0.1) is 0 Å². The summed E-state index contributed by atoms with van der Waals surface area (Å²) in [6.07, 6.45) is -4.76. The van der Waals surface area contributed by atoms with Gasteiger partial charge in [0.1, 0.15) is 5.01 Å². The maximum Gasteiger partial charge on any atom is 0.412 e. The summed E-state index contributed by atoms with van der Waals surface area (Å²) in [4.78, 5) is 16.4. The van der Waals surface area contributed by atoms with Crippen LogP contribution in [0.1, 0.15) is 17.3 Å². The molecule has 1 amide bonds. The van der Waals surface area contributed by atoms with E-state index in [-0.39, 0.29) is 12.0 Å². The topological polar surface area (TPSA) is 42.0 Å². The zero-order chi connectivity index (χ0) is 17.9. The molecule has 1 atom stereocenters. The SMILES string of the molecule is O=C(Cc1csc(-c2ccsc2)n1)NC(c1ccccc1)C(F)(F)F. The molecule has 3 aromatic rings. The minimum absolute atomic E-state index is 0.000546. The molecule has 0 aliphatic rings. The number of hydrogen-bond donors (Lipinski definition) is 1. The van der Waals surface area contributed by atoms with Gasteiger partial charge in [0, 0.05) is 16.3 Å². The zero-order valence-electron chi connectivity index (χ0n) is 12.8. The molecular weight excluding hydrogens is 369 g/mol. The van der Waals surface area contributed by atoms with E-state index >= 15 is 0 Å². The number of carbonyl (C=O) groups is 1. The van der Waals surface area contributed by atoms with Crippen LogP contribution in [0.15, 0.2) is 52.5 Å². The van der Waals surface area contributed by atoms with Gasteiger partial charge in [-0.1, -0.05) is 30.3 Å². The van der Waals surface area contributed by atoms with E-state index < -0.39 is 18.1 Å². The van der Waals surface area contributed by atoms with Crippen LogP contribution in [0.2, 0.25) is 0 Å². The van der Waals surface area contributed by atoms with Gasteiger partial charge < -0.3 is 5.32 Å². The second kappa shape index (κ2) is 7.37. The number of nitrogens with one attached hydrogen (secondary N) is 1. The molecule has 0 fully saturated rings.